The van der Waals surface area contributed by atoms with Crippen LogP contribution in [-0.2, 0) is 0 Å². The lowest BCUT2D eigenvalue weighted by Gasteiger charge is -2.09. The third-order valence-electron chi connectivity index (χ3n) is 2.27. The van der Waals surface area contributed by atoms with Gasteiger partial charge in [0.15, 0.2) is 0 Å². The van der Waals surface area contributed by atoms with Crippen LogP contribution in [0, 0.1) is 29.6 Å². The molecule has 0 N–H and O–H groups in total. The first-order valence-electron chi connectivity index (χ1n) is 4.63. The van der Waals surface area contributed by atoms with E-state index in [1.165, 1.54) is 0 Å². The standard InChI is InChI=1S/C12H12N2/c1-3-10(7-13)12-6-9(2)4-5-11(12)8-14/h4-6,10H,3H2,1-2H3. The van der Waals surface area contributed by atoms with Gasteiger partial charge < -0.3 is 0 Å². The number of benzene rings is 1. The van der Waals surface area contributed by atoms with E-state index in [4.69, 9.17) is 10.5 Å². The Kier molecular flexibility index (Phi) is 3.26. The Morgan fingerprint density at radius 3 is 2.57 bits per heavy atom. The molecule has 0 saturated carbocycles. The summed E-state index contributed by atoms with van der Waals surface area (Å²) in [6.07, 6.45) is 0.745. The van der Waals surface area contributed by atoms with E-state index in [2.05, 4.69) is 12.1 Å². The number of rotatable bonds is 2. The molecule has 0 aromatic heterocycles. The molecule has 0 bridgehead atoms. The van der Waals surface area contributed by atoms with Gasteiger partial charge in [0, 0.05) is 0 Å². The van der Waals surface area contributed by atoms with Gasteiger partial charge in [0.1, 0.15) is 0 Å². The van der Waals surface area contributed by atoms with E-state index >= 15 is 0 Å². The second-order valence-corrected chi connectivity index (χ2v) is 3.29. The molecule has 1 unspecified atom stereocenters. The molecule has 1 aromatic carbocycles. The summed E-state index contributed by atoms with van der Waals surface area (Å²) in [6.45, 7) is 3.92. The van der Waals surface area contributed by atoms with E-state index in [1.54, 1.807) is 6.07 Å². The van der Waals surface area contributed by atoms with Crippen LogP contribution in [0.1, 0.15) is 36.0 Å². The molecule has 0 aliphatic carbocycles. The summed E-state index contributed by atoms with van der Waals surface area (Å²) in [5.74, 6) is -0.162. The van der Waals surface area contributed by atoms with Crippen molar-refractivity contribution < 1.29 is 0 Å². The molecule has 0 saturated heterocycles. The lowest BCUT2D eigenvalue weighted by molar-refractivity contribution is 0.814. The molecule has 0 aliphatic rings. The molecule has 0 fully saturated rings. The predicted octanol–water partition coefficient (Wildman–Crippen LogP) is 2.88. The number of hydrogen-bond donors (Lipinski definition) is 0. The van der Waals surface area contributed by atoms with Gasteiger partial charge >= 0.3 is 0 Å². The number of hydrogen-bond acceptors (Lipinski definition) is 2. The Morgan fingerprint density at radius 1 is 1.36 bits per heavy atom. The van der Waals surface area contributed by atoms with Crippen molar-refractivity contribution in [1.29, 1.82) is 10.5 Å². The summed E-state index contributed by atoms with van der Waals surface area (Å²) in [5.41, 5.74) is 2.56. The monoisotopic (exact) mass is 184 g/mol. The highest BCUT2D eigenvalue weighted by Gasteiger charge is 2.12. The average molecular weight is 184 g/mol. The molecule has 0 aliphatic heterocycles. The number of nitrogens with zero attached hydrogens (tertiary/aromatic N) is 2. The van der Waals surface area contributed by atoms with E-state index in [0.29, 0.717) is 5.56 Å². The van der Waals surface area contributed by atoms with Crippen molar-refractivity contribution in [1.82, 2.24) is 0 Å². The summed E-state index contributed by atoms with van der Waals surface area (Å²) < 4.78 is 0. The minimum atomic E-state index is -0.162. The van der Waals surface area contributed by atoms with Crippen molar-refractivity contribution in [3.63, 3.8) is 0 Å². The zero-order valence-electron chi connectivity index (χ0n) is 8.41. The average Bonchev–Trinajstić information content (AvgIpc) is 2.20. The summed E-state index contributed by atoms with van der Waals surface area (Å²) in [5, 5.41) is 17.8. The van der Waals surface area contributed by atoms with Crippen molar-refractivity contribution in [3.8, 4) is 12.1 Å². The minimum Gasteiger partial charge on any atom is -0.198 e. The van der Waals surface area contributed by atoms with Gasteiger partial charge in [-0.2, -0.15) is 10.5 Å². The van der Waals surface area contributed by atoms with Crippen LogP contribution in [0.15, 0.2) is 18.2 Å². The van der Waals surface area contributed by atoms with Crippen molar-refractivity contribution in [2.24, 2.45) is 0 Å². The molecule has 1 rings (SSSR count). The van der Waals surface area contributed by atoms with Crippen molar-refractivity contribution in [3.05, 3.63) is 34.9 Å². The first-order chi connectivity index (χ1) is 6.72. The number of nitriles is 2. The van der Waals surface area contributed by atoms with Gasteiger partial charge in [-0.05, 0) is 25.0 Å². The fourth-order valence-corrected chi connectivity index (χ4v) is 1.45. The van der Waals surface area contributed by atoms with E-state index in [0.717, 1.165) is 17.5 Å². The Morgan fingerprint density at radius 2 is 2.07 bits per heavy atom. The van der Waals surface area contributed by atoms with Crippen molar-refractivity contribution in [2.45, 2.75) is 26.2 Å². The Bertz CT molecular complexity index is 407. The second-order valence-electron chi connectivity index (χ2n) is 3.29. The van der Waals surface area contributed by atoms with Crippen LogP contribution in [0.25, 0.3) is 0 Å². The predicted molar refractivity (Wildman–Crippen MR) is 54.5 cm³/mol. The molecule has 2 heteroatoms. The Balaban J connectivity index is 3.25. The first-order valence-corrected chi connectivity index (χ1v) is 4.63. The highest BCUT2D eigenvalue weighted by Crippen LogP contribution is 2.23. The van der Waals surface area contributed by atoms with Gasteiger partial charge in [0.05, 0.1) is 23.6 Å². The van der Waals surface area contributed by atoms with Gasteiger partial charge in [-0.15, -0.1) is 0 Å². The van der Waals surface area contributed by atoms with Crippen molar-refractivity contribution >= 4 is 0 Å². The lowest BCUT2D eigenvalue weighted by Crippen LogP contribution is -1.98. The first kappa shape index (κ1) is 10.3. The number of aryl methyl sites for hydroxylation is 1. The Labute approximate surface area is 84.4 Å². The highest BCUT2D eigenvalue weighted by molar-refractivity contribution is 5.44. The third kappa shape index (κ3) is 1.92. The third-order valence-corrected chi connectivity index (χ3v) is 2.27. The fourth-order valence-electron chi connectivity index (χ4n) is 1.45. The summed E-state index contributed by atoms with van der Waals surface area (Å²) in [4.78, 5) is 0. The maximum absolute atomic E-state index is 8.93. The molecule has 2 nitrogen and oxygen atoms in total. The van der Waals surface area contributed by atoms with E-state index in [9.17, 15) is 0 Å². The maximum atomic E-state index is 8.93. The van der Waals surface area contributed by atoms with Crippen LogP contribution >= 0.6 is 0 Å². The van der Waals surface area contributed by atoms with Crippen LogP contribution in [0.3, 0.4) is 0 Å². The summed E-state index contributed by atoms with van der Waals surface area (Å²) in [7, 11) is 0. The lowest BCUT2D eigenvalue weighted by atomic mass is 9.92. The fraction of sp³-hybridized carbons (Fsp3) is 0.333. The van der Waals surface area contributed by atoms with Crippen LogP contribution in [0.5, 0.6) is 0 Å². The zero-order chi connectivity index (χ0) is 10.6. The molecular formula is C12H12N2. The van der Waals surface area contributed by atoms with Crippen LogP contribution in [0.2, 0.25) is 0 Å². The summed E-state index contributed by atoms with van der Waals surface area (Å²) in [6, 6.07) is 9.94. The topological polar surface area (TPSA) is 47.6 Å². The smallest absolute Gasteiger partial charge is 0.0995 e. The minimum absolute atomic E-state index is 0.162. The second kappa shape index (κ2) is 4.44. The van der Waals surface area contributed by atoms with Gasteiger partial charge in [-0.3, -0.25) is 0 Å². The van der Waals surface area contributed by atoms with Crippen molar-refractivity contribution in [2.75, 3.05) is 0 Å². The summed E-state index contributed by atoms with van der Waals surface area (Å²) >= 11 is 0. The quantitative estimate of drug-likeness (QED) is 0.709. The largest absolute Gasteiger partial charge is 0.198 e. The zero-order valence-corrected chi connectivity index (χ0v) is 8.41. The Hall–Kier alpha value is -1.80. The van der Waals surface area contributed by atoms with Gasteiger partial charge in [0.25, 0.3) is 0 Å². The molecule has 14 heavy (non-hydrogen) atoms. The maximum Gasteiger partial charge on any atom is 0.0995 e. The normalized spacial score (nSPS) is 11.4. The highest BCUT2D eigenvalue weighted by atomic mass is 14.3. The van der Waals surface area contributed by atoms with Gasteiger partial charge in [-0.25, -0.2) is 0 Å². The van der Waals surface area contributed by atoms with Crippen LogP contribution < -0.4 is 0 Å². The molecule has 0 spiro atoms. The molecule has 1 aromatic rings. The van der Waals surface area contributed by atoms with E-state index in [-0.39, 0.29) is 5.92 Å². The molecule has 0 amide bonds. The molecule has 70 valence electrons. The molecule has 1 atom stereocenters. The van der Waals surface area contributed by atoms with Gasteiger partial charge in [0.2, 0.25) is 0 Å². The molecular weight excluding hydrogens is 172 g/mol. The molecule has 0 heterocycles. The van der Waals surface area contributed by atoms with E-state index < -0.39 is 0 Å². The van der Waals surface area contributed by atoms with E-state index in [1.807, 2.05) is 26.0 Å². The SMILES string of the molecule is CCC(C#N)c1cc(C)ccc1C#N. The van der Waals surface area contributed by atoms with Crippen LogP contribution in [0.4, 0.5) is 0 Å². The molecule has 0 radical (unpaired) electrons. The van der Waals surface area contributed by atoms with Crippen LogP contribution in [-0.4, -0.2) is 0 Å². The van der Waals surface area contributed by atoms with Gasteiger partial charge in [-0.1, -0.05) is 24.6 Å².